The van der Waals surface area contributed by atoms with Crippen molar-refractivity contribution in [1.82, 2.24) is 0 Å². The van der Waals surface area contributed by atoms with Crippen LogP contribution in [0.2, 0.25) is 0 Å². The van der Waals surface area contributed by atoms with Gasteiger partial charge < -0.3 is 9.84 Å². The first-order valence-corrected chi connectivity index (χ1v) is 5.66. The molecule has 1 N–H and O–H groups in total. The molecule has 1 rings (SSSR count). The van der Waals surface area contributed by atoms with Gasteiger partial charge in [0.2, 0.25) is 0 Å². The van der Waals surface area contributed by atoms with Crippen LogP contribution in [0.1, 0.15) is 25.0 Å². The molecule has 16 heavy (non-hydrogen) atoms. The molecule has 0 aliphatic rings. The van der Waals surface area contributed by atoms with E-state index in [9.17, 15) is 13.9 Å². The van der Waals surface area contributed by atoms with E-state index in [2.05, 4.69) is 15.9 Å². The predicted molar refractivity (Wildman–Crippen MR) is 60.1 cm³/mol. The molecule has 90 valence electrons. The molecule has 1 aromatic rings. The Morgan fingerprint density at radius 3 is 2.56 bits per heavy atom. The lowest BCUT2D eigenvalue weighted by atomic mass is 10.0. The zero-order valence-corrected chi connectivity index (χ0v) is 10.6. The minimum absolute atomic E-state index is 0.119. The summed E-state index contributed by atoms with van der Waals surface area (Å²) in [5.74, 6) is -1.56. The molecule has 2 atom stereocenters. The second-order valence-electron chi connectivity index (χ2n) is 3.38. The third kappa shape index (κ3) is 2.59. The Bertz CT molecular complexity index is 367. The van der Waals surface area contributed by atoms with Gasteiger partial charge in [0, 0.05) is 7.11 Å². The van der Waals surface area contributed by atoms with Gasteiger partial charge in [-0.1, -0.05) is 6.92 Å². The molecule has 0 radical (unpaired) electrons. The van der Waals surface area contributed by atoms with E-state index in [4.69, 9.17) is 4.74 Å². The highest BCUT2D eigenvalue weighted by molar-refractivity contribution is 9.10. The number of rotatable bonds is 4. The second kappa shape index (κ2) is 5.70. The van der Waals surface area contributed by atoms with E-state index in [0.717, 1.165) is 6.07 Å². The summed E-state index contributed by atoms with van der Waals surface area (Å²) < 4.78 is 32.2. The number of aliphatic hydroxyl groups is 1. The van der Waals surface area contributed by atoms with Gasteiger partial charge in [-0.15, -0.1) is 0 Å². The molecular formula is C11H13BrF2O2. The standard InChI is InChI=1S/C11H13BrF2O2/c1-3-8(16-2)11(15)9-7(13)5-4-6(12)10(9)14/h4-5,8,11,15H,3H2,1-2H3. The average Bonchev–Trinajstić information content (AvgIpc) is 2.26. The van der Waals surface area contributed by atoms with Crippen LogP contribution in [-0.2, 0) is 4.74 Å². The van der Waals surface area contributed by atoms with Crippen LogP contribution in [0.4, 0.5) is 8.78 Å². The fraction of sp³-hybridized carbons (Fsp3) is 0.455. The molecule has 2 unspecified atom stereocenters. The summed E-state index contributed by atoms with van der Waals surface area (Å²) in [5, 5.41) is 9.84. The van der Waals surface area contributed by atoms with Crippen LogP contribution >= 0.6 is 15.9 Å². The SMILES string of the molecule is CCC(OC)C(O)c1c(F)ccc(Br)c1F. The summed E-state index contributed by atoms with van der Waals surface area (Å²) in [6.07, 6.45) is -1.48. The van der Waals surface area contributed by atoms with E-state index in [1.165, 1.54) is 13.2 Å². The van der Waals surface area contributed by atoms with Crippen LogP contribution in [0.3, 0.4) is 0 Å². The molecular weight excluding hydrogens is 282 g/mol. The van der Waals surface area contributed by atoms with E-state index in [-0.39, 0.29) is 10.0 Å². The number of ether oxygens (including phenoxy) is 1. The summed E-state index contributed by atoms with van der Waals surface area (Å²) in [4.78, 5) is 0. The molecule has 0 amide bonds. The smallest absolute Gasteiger partial charge is 0.146 e. The Morgan fingerprint density at radius 1 is 1.44 bits per heavy atom. The van der Waals surface area contributed by atoms with Crippen molar-refractivity contribution in [2.45, 2.75) is 25.6 Å². The molecule has 0 bridgehead atoms. The normalized spacial score (nSPS) is 14.9. The first-order valence-electron chi connectivity index (χ1n) is 4.87. The Hall–Kier alpha value is -0.520. The number of methoxy groups -OCH3 is 1. The average molecular weight is 295 g/mol. The number of hydrogen-bond acceptors (Lipinski definition) is 2. The summed E-state index contributed by atoms with van der Waals surface area (Å²) in [7, 11) is 1.39. The Labute approximate surface area is 101 Å². The van der Waals surface area contributed by atoms with Gasteiger partial charge in [0.05, 0.1) is 16.1 Å². The van der Waals surface area contributed by atoms with Crippen LogP contribution in [-0.4, -0.2) is 18.3 Å². The predicted octanol–water partition coefficient (Wildman–Crippen LogP) is 3.19. The fourth-order valence-electron chi connectivity index (χ4n) is 1.52. The van der Waals surface area contributed by atoms with Crippen molar-refractivity contribution in [2.24, 2.45) is 0 Å². The molecule has 0 fully saturated rings. The maximum Gasteiger partial charge on any atom is 0.146 e. The maximum absolute atomic E-state index is 13.6. The number of hydrogen-bond donors (Lipinski definition) is 1. The maximum atomic E-state index is 13.6. The molecule has 0 aliphatic heterocycles. The fourth-order valence-corrected chi connectivity index (χ4v) is 1.86. The second-order valence-corrected chi connectivity index (χ2v) is 4.24. The highest BCUT2D eigenvalue weighted by Gasteiger charge is 2.26. The Kier molecular flexibility index (Phi) is 4.83. The van der Waals surface area contributed by atoms with Crippen LogP contribution < -0.4 is 0 Å². The molecule has 2 nitrogen and oxygen atoms in total. The molecule has 0 saturated carbocycles. The van der Waals surface area contributed by atoms with E-state index >= 15 is 0 Å². The molecule has 1 aromatic carbocycles. The first kappa shape index (κ1) is 13.5. The van der Waals surface area contributed by atoms with Crippen LogP contribution in [0.25, 0.3) is 0 Å². The molecule has 0 saturated heterocycles. The monoisotopic (exact) mass is 294 g/mol. The summed E-state index contributed by atoms with van der Waals surface area (Å²) in [6, 6.07) is 2.36. The molecule has 5 heteroatoms. The van der Waals surface area contributed by atoms with Crippen molar-refractivity contribution in [3.8, 4) is 0 Å². The van der Waals surface area contributed by atoms with Crippen molar-refractivity contribution in [3.63, 3.8) is 0 Å². The lowest BCUT2D eigenvalue weighted by Gasteiger charge is -2.21. The molecule has 0 aliphatic carbocycles. The van der Waals surface area contributed by atoms with E-state index in [1.807, 2.05) is 0 Å². The highest BCUT2D eigenvalue weighted by Crippen LogP contribution is 2.30. The Morgan fingerprint density at radius 2 is 2.06 bits per heavy atom. The third-order valence-corrected chi connectivity index (χ3v) is 3.04. The summed E-state index contributed by atoms with van der Waals surface area (Å²) >= 11 is 2.95. The minimum Gasteiger partial charge on any atom is -0.385 e. The van der Waals surface area contributed by atoms with Gasteiger partial charge in [-0.05, 0) is 34.5 Å². The van der Waals surface area contributed by atoms with E-state index < -0.39 is 23.8 Å². The van der Waals surface area contributed by atoms with Crippen LogP contribution in [0, 0.1) is 11.6 Å². The van der Waals surface area contributed by atoms with Crippen molar-refractivity contribution >= 4 is 15.9 Å². The zero-order chi connectivity index (χ0) is 12.3. The summed E-state index contributed by atoms with van der Waals surface area (Å²) in [6.45, 7) is 1.77. The van der Waals surface area contributed by atoms with Crippen LogP contribution in [0.5, 0.6) is 0 Å². The van der Waals surface area contributed by atoms with Crippen molar-refractivity contribution in [1.29, 1.82) is 0 Å². The van der Waals surface area contributed by atoms with Gasteiger partial charge in [0.15, 0.2) is 0 Å². The lowest BCUT2D eigenvalue weighted by Crippen LogP contribution is -2.22. The number of halogens is 3. The molecule has 0 spiro atoms. The van der Waals surface area contributed by atoms with Crippen molar-refractivity contribution in [3.05, 3.63) is 33.8 Å². The van der Waals surface area contributed by atoms with Crippen LogP contribution in [0.15, 0.2) is 16.6 Å². The quantitative estimate of drug-likeness (QED) is 0.864. The van der Waals surface area contributed by atoms with E-state index in [1.54, 1.807) is 6.92 Å². The summed E-state index contributed by atoms with van der Waals surface area (Å²) in [5.41, 5.74) is -0.358. The molecule has 0 aromatic heterocycles. The molecule has 0 heterocycles. The number of aliphatic hydroxyl groups excluding tert-OH is 1. The van der Waals surface area contributed by atoms with Crippen molar-refractivity contribution in [2.75, 3.05) is 7.11 Å². The van der Waals surface area contributed by atoms with Gasteiger partial charge in [-0.3, -0.25) is 0 Å². The van der Waals surface area contributed by atoms with Gasteiger partial charge in [-0.2, -0.15) is 0 Å². The van der Waals surface area contributed by atoms with Crippen molar-refractivity contribution < 1.29 is 18.6 Å². The van der Waals surface area contributed by atoms with Gasteiger partial charge >= 0.3 is 0 Å². The first-order chi connectivity index (χ1) is 7.52. The van der Waals surface area contributed by atoms with E-state index in [0.29, 0.717) is 6.42 Å². The van der Waals surface area contributed by atoms with Gasteiger partial charge in [0.1, 0.15) is 17.7 Å². The highest BCUT2D eigenvalue weighted by atomic mass is 79.9. The topological polar surface area (TPSA) is 29.5 Å². The lowest BCUT2D eigenvalue weighted by molar-refractivity contribution is -0.0182. The minimum atomic E-state index is -1.31. The number of benzene rings is 1. The third-order valence-electron chi connectivity index (χ3n) is 2.43. The largest absolute Gasteiger partial charge is 0.385 e. The van der Waals surface area contributed by atoms with Gasteiger partial charge in [0.25, 0.3) is 0 Å². The van der Waals surface area contributed by atoms with Gasteiger partial charge in [-0.25, -0.2) is 8.78 Å². The zero-order valence-electron chi connectivity index (χ0n) is 9.01. The Balaban J connectivity index is 3.16.